The van der Waals surface area contributed by atoms with Crippen molar-refractivity contribution in [3.8, 4) is 0 Å². The molecule has 6 nitrogen and oxygen atoms in total. The Morgan fingerprint density at radius 2 is 1.76 bits per heavy atom. The van der Waals surface area contributed by atoms with Gasteiger partial charge in [-0.3, -0.25) is 9.58 Å². The molecule has 0 aromatic carbocycles. The predicted octanol–water partition coefficient (Wildman–Crippen LogP) is 3.58. The van der Waals surface area contributed by atoms with Crippen molar-refractivity contribution in [3.05, 3.63) is 29.8 Å². The molecular weight excluding hydrogens is 339 g/mol. The van der Waals surface area contributed by atoms with Crippen LogP contribution in [0.5, 0.6) is 0 Å². The van der Waals surface area contributed by atoms with Gasteiger partial charge < -0.3 is 10.2 Å². The molecule has 2 rings (SSSR count). The molecule has 0 saturated carbocycles. The molecule has 1 fully saturated rings. The van der Waals surface area contributed by atoms with Crippen molar-refractivity contribution in [2.75, 3.05) is 13.1 Å². The number of hydrogen-bond acceptors (Lipinski definition) is 4. The number of carbonyl (C=O) groups is 1. The van der Waals surface area contributed by atoms with Crippen LogP contribution in [0, 0.1) is 5.92 Å². The summed E-state index contributed by atoms with van der Waals surface area (Å²) in [6.07, 6.45) is -4.00. The Hall–Kier alpha value is -2.03. The van der Waals surface area contributed by atoms with E-state index in [0.29, 0.717) is 28.6 Å². The summed E-state index contributed by atoms with van der Waals surface area (Å²) in [5, 5.41) is 20.9. The molecule has 2 N–H and O–H groups in total. The lowest BCUT2D eigenvalue weighted by molar-refractivity contribution is -0.145. The minimum atomic E-state index is -4.71. The van der Waals surface area contributed by atoms with Crippen molar-refractivity contribution in [3.63, 3.8) is 0 Å². The van der Waals surface area contributed by atoms with Crippen LogP contribution in [0.25, 0.3) is 0 Å². The average molecular weight is 363 g/mol. The van der Waals surface area contributed by atoms with Gasteiger partial charge in [0.15, 0.2) is 5.69 Å². The molecule has 25 heavy (non-hydrogen) atoms. The molecule has 1 aromatic rings. The first kappa shape index (κ1) is 21.0. The monoisotopic (exact) mass is 363 g/mol. The number of rotatable bonds is 4. The van der Waals surface area contributed by atoms with Crippen LogP contribution in [0.4, 0.5) is 13.2 Å². The molecule has 0 unspecified atom stereocenters. The van der Waals surface area contributed by atoms with Gasteiger partial charge in [-0.25, -0.2) is 4.79 Å². The number of carboxylic acid groups (broad SMARTS) is 1. The number of halogens is 3. The van der Waals surface area contributed by atoms with Gasteiger partial charge in [-0.05, 0) is 27.7 Å². The summed E-state index contributed by atoms with van der Waals surface area (Å²) in [6, 6.07) is 0.0605. The van der Waals surface area contributed by atoms with E-state index in [0.717, 1.165) is 13.1 Å². The van der Waals surface area contributed by atoms with E-state index in [4.69, 9.17) is 10.2 Å². The lowest BCUT2D eigenvalue weighted by atomic mass is 9.97. The van der Waals surface area contributed by atoms with Crippen LogP contribution in [-0.2, 0) is 6.18 Å². The molecule has 1 aliphatic heterocycles. The molecule has 142 valence electrons. The van der Waals surface area contributed by atoms with E-state index in [-0.39, 0.29) is 0 Å². The summed E-state index contributed by atoms with van der Waals surface area (Å²) in [6.45, 7) is 12.8. The SMILES string of the molecule is C=C(O)C1CN(C(C)C)C1.CC(C)n1ncc(C(=O)O)c1C(F)(F)F. The molecule has 1 aromatic heterocycles. The van der Waals surface area contributed by atoms with Crippen molar-refractivity contribution in [1.29, 1.82) is 0 Å². The number of aromatic carboxylic acids is 1. The quantitative estimate of drug-likeness (QED) is 0.800. The third-order valence-electron chi connectivity index (χ3n) is 3.89. The molecule has 0 amide bonds. The normalized spacial score (nSPS) is 15.7. The summed E-state index contributed by atoms with van der Waals surface area (Å²) in [7, 11) is 0. The highest BCUT2D eigenvalue weighted by Crippen LogP contribution is 2.33. The van der Waals surface area contributed by atoms with Gasteiger partial charge in [0.2, 0.25) is 0 Å². The Kier molecular flexibility index (Phi) is 6.64. The number of aliphatic hydroxyl groups is 1. The minimum Gasteiger partial charge on any atom is -0.513 e. The maximum absolute atomic E-state index is 12.5. The number of nitrogens with zero attached hydrogens (tertiary/aromatic N) is 3. The predicted molar refractivity (Wildman–Crippen MR) is 86.5 cm³/mol. The van der Waals surface area contributed by atoms with Crippen LogP contribution in [-0.4, -0.2) is 50.0 Å². The third-order valence-corrected chi connectivity index (χ3v) is 3.89. The molecule has 1 saturated heterocycles. The van der Waals surface area contributed by atoms with Crippen molar-refractivity contribution in [2.45, 2.75) is 46.0 Å². The van der Waals surface area contributed by atoms with E-state index in [2.05, 4.69) is 30.4 Å². The largest absolute Gasteiger partial charge is 0.513 e. The van der Waals surface area contributed by atoms with Crippen LogP contribution in [0.15, 0.2) is 18.5 Å². The standard InChI is InChI=1S/C8H9F3N2O2.C8H15NO/c1-4(2)13-6(8(9,10)11)5(3-12-13)7(14)15;1-6(2)9-4-8(5-9)7(3)10/h3-4H,1-2H3,(H,14,15);6,8,10H,3-5H2,1-2H3. The Morgan fingerprint density at radius 1 is 1.24 bits per heavy atom. The highest BCUT2D eigenvalue weighted by Gasteiger charge is 2.40. The first-order chi connectivity index (χ1) is 11.4. The summed E-state index contributed by atoms with van der Waals surface area (Å²) >= 11 is 0. The molecule has 0 spiro atoms. The van der Waals surface area contributed by atoms with E-state index in [1.54, 1.807) is 0 Å². The Bertz CT molecular complexity index is 618. The van der Waals surface area contributed by atoms with Crippen LogP contribution < -0.4 is 0 Å². The summed E-state index contributed by atoms with van der Waals surface area (Å²) in [5.74, 6) is -0.950. The first-order valence-electron chi connectivity index (χ1n) is 7.86. The van der Waals surface area contributed by atoms with Crippen LogP contribution in [0.2, 0.25) is 0 Å². The molecule has 0 atom stereocenters. The zero-order valence-corrected chi connectivity index (χ0v) is 14.7. The van der Waals surface area contributed by atoms with E-state index >= 15 is 0 Å². The highest BCUT2D eigenvalue weighted by atomic mass is 19.4. The zero-order chi connectivity index (χ0) is 19.5. The molecule has 2 heterocycles. The summed E-state index contributed by atoms with van der Waals surface area (Å²) in [4.78, 5) is 12.9. The van der Waals surface area contributed by atoms with Crippen LogP contribution >= 0.6 is 0 Å². The maximum Gasteiger partial charge on any atom is 0.433 e. The number of hydrogen-bond donors (Lipinski definition) is 2. The van der Waals surface area contributed by atoms with Gasteiger partial charge >= 0.3 is 12.1 Å². The minimum absolute atomic E-state index is 0.336. The van der Waals surface area contributed by atoms with Crippen molar-refractivity contribution < 1.29 is 28.2 Å². The molecule has 0 radical (unpaired) electrons. The zero-order valence-electron chi connectivity index (χ0n) is 14.7. The maximum atomic E-state index is 12.5. The molecule has 0 bridgehead atoms. The Balaban J connectivity index is 0.000000271. The fraction of sp³-hybridized carbons (Fsp3) is 0.625. The fourth-order valence-corrected chi connectivity index (χ4v) is 2.34. The number of alkyl halides is 3. The van der Waals surface area contributed by atoms with Gasteiger partial charge in [-0.1, -0.05) is 6.58 Å². The van der Waals surface area contributed by atoms with Gasteiger partial charge in [0.25, 0.3) is 0 Å². The summed E-state index contributed by atoms with van der Waals surface area (Å²) < 4.78 is 38.3. The third kappa shape index (κ3) is 5.22. The number of aliphatic hydroxyl groups excluding tert-OH is 1. The second-order valence-corrected chi connectivity index (χ2v) is 6.48. The van der Waals surface area contributed by atoms with Crippen molar-refractivity contribution in [2.24, 2.45) is 5.92 Å². The van der Waals surface area contributed by atoms with Gasteiger partial charge in [0.05, 0.1) is 12.0 Å². The molecule has 1 aliphatic rings. The Labute approximate surface area is 144 Å². The Morgan fingerprint density at radius 3 is 2.08 bits per heavy atom. The molecular formula is C16H24F3N3O3. The van der Waals surface area contributed by atoms with Gasteiger partial charge in [0.1, 0.15) is 5.56 Å². The molecule has 9 heteroatoms. The average Bonchev–Trinajstić information content (AvgIpc) is 2.81. The highest BCUT2D eigenvalue weighted by molar-refractivity contribution is 5.88. The number of aromatic nitrogens is 2. The molecule has 0 aliphatic carbocycles. The second-order valence-electron chi connectivity index (χ2n) is 6.48. The van der Waals surface area contributed by atoms with Gasteiger partial charge in [0, 0.05) is 31.1 Å². The van der Waals surface area contributed by atoms with Crippen molar-refractivity contribution >= 4 is 5.97 Å². The van der Waals surface area contributed by atoms with Gasteiger partial charge in [-0.2, -0.15) is 18.3 Å². The lowest BCUT2D eigenvalue weighted by Gasteiger charge is -2.41. The van der Waals surface area contributed by atoms with E-state index in [1.807, 2.05) is 0 Å². The van der Waals surface area contributed by atoms with Gasteiger partial charge in [-0.15, -0.1) is 0 Å². The van der Waals surface area contributed by atoms with E-state index in [1.165, 1.54) is 13.8 Å². The van der Waals surface area contributed by atoms with Crippen molar-refractivity contribution in [1.82, 2.24) is 14.7 Å². The lowest BCUT2D eigenvalue weighted by Crippen LogP contribution is -2.50. The number of likely N-dealkylation sites (tertiary alicyclic amines) is 1. The smallest absolute Gasteiger partial charge is 0.433 e. The first-order valence-corrected chi connectivity index (χ1v) is 7.86. The topological polar surface area (TPSA) is 78.6 Å². The van der Waals surface area contributed by atoms with Crippen LogP contribution in [0.3, 0.4) is 0 Å². The second kappa shape index (κ2) is 7.90. The summed E-state index contributed by atoms with van der Waals surface area (Å²) in [5.41, 5.74) is -2.04. The number of carboxylic acids is 1. The fourth-order valence-electron chi connectivity index (χ4n) is 2.34. The van der Waals surface area contributed by atoms with Crippen LogP contribution in [0.1, 0.15) is 49.8 Å². The van der Waals surface area contributed by atoms with E-state index in [9.17, 15) is 18.0 Å². The van der Waals surface area contributed by atoms with E-state index < -0.39 is 29.4 Å².